The summed E-state index contributed by atoms with van der Waals surface area (Å²) in [5.41, 5.74) is 0.640. The van der Waals surface area contributed by atoms with E-state index >= 15 is 0 Å². The van der Waals surface area contributed by atoms with Crippen molar-refractivity contribution in [3.05, 3.63) is 41.2 Å². The lowest BCUT2D eigenvalue weighted by atomic mass is 10.2. The number of nitrogens with one attached hydrogen (secondary N) is 1. The van der Waals surface area contributed by atoms with Crippen LogP contribution in [0.1, 0.15) is 29.5 Å². The number of halogens is 4. The number of pyridine rings is 1. The van der Waals surface area contributed by atoms with Crippen LogP contribution in [0, 0.1) is 0 Å². The fourth-order valence-corrected chi connectivity index (χ4v) is 4.35. The van der Waals surface area contributed by atoms with Gasteiger partial charge in [-0.3, -0.25) is 4.98 Å². The van der Waals surface area contributed by atoms with Gasteiger partial charge in [0.1, 0.15) is 5.69 Å². The molecule has 0 bridgehead atoms. The van der Waals surface area contributed by atoms with Crippen molar-refractivity contribution in [1.82, 2.24) is 24.5 Å². The van der Waals surface area contributed by atoms with Crippen molar-refractivity contribution in [3.63, 3.8) is 0 Å². The highest BCUT2D eigenvalue weighted by Gasteiger charge is 2.32. The summed E-state index contributed by atoms with van der Waals surface area (Å²) in [6.45, 7) is 0.124. The summed E-state index contributed by atoms with van der Waals surface area (Å²) in [4.78, 5) is 16.2. The number of alkyl halides is 3. The molecule has 142 valence electrons. The Morgan fingerprint density at radius 1 is 1.30 bits per heavy atom. The second-order valence-corrected chi connectivity index (χ2v) is 7.66. The number of hydrogen-bond acceptors (Lipinski definition) is 6. The van der Waals surface area contributed by atoms with Crippen molar-refractivity contribution in [3.8, 4) is 0 Å². The Labute approximate surface area is 161 Å². The Morgan fingerprint density at radius 2 is 2.15 bits per heavy atom. The van der Waals surface area contributed by atoms with E-state index in [4.69, 9.17) is 11.6 Å². The average molecular weight is 415 g/mol. The van der Waals surface area contributed by atoms with Crippen LogP contribution >= 0.6 is 23.4 Å². The fourth-order valence-electron chi connectivity index (χ4n) is 2.93. The third-order valence-corrected chi connectivity index (χ3v) is 5.73. The van der Waals surface area contributed by atoms with Crippen molar-refractivity contribution in [2.45, 2.75) is 30.9 Å². The Hall–Kier alpha value is -2.07. The molecule has 11 heteroatoms. The predicted octanol–water partition coefficient (Wildman–Crippen LogP) is 4.53. The van der Waals surface area contributed by atoms with E-state index in [1.807, 2.05) is 16.3 Å². The summed E-state index contributed by atoms with van der Waals surface area (Å²) in [6, 6.07) is 2.51. The van der Waals surface area contributed by atoms with Crippen LogP contribution in [-0.2, 0) is 12.7 Å². The second-order valence-electron chi connectivity index (χ2n) is 6.03. The zero-order chi connectivity index (χ0) is 19.0. The van der Waals surface area contributed by atoms with Crippen molar-refractivity contribution in [2.24, 2.45) is 0 Å². The molecule has 6 nitrogen and oxygen atoms in total. The van der Waals surface area contributed by atoms with Gasteiger partial charge in [0.25, 0.3) is 0 Å². The van der Waals surface area contributed by atoms with E-state index in [0.29, 0.717) is 22.5 Å². The number of thioether (sulfide) groups is 1. The van der Waals surface area contributed by atoms with Crippen molar-refractivity contribution < 1.29 is 13.2 Å². The molecule has 4 heterocycles. The van der Waals surface area contributed by atoms with E-state index in [2.05, 4.69) is 25.3 Å². The molecular weight excluding hydrogens is 401 g/mol. The van der Waals surface area contributed by atoms with Gasteiger partial charge in [0.2, 0.25) is 5.28 Å². The lowest BCUT2D eigenvalue weighted by molar-refractivity contribution is -0.141. The lowest BCUT2D eigenvalue weighted by Gasteiger charge is -2.12. The quantitative estimate of drug-likeness (QED) is 0.632. The molecule has 0 aliphatic carbocycles. The highest BCUT2D eigenvalue weighted by Crippen LogP contribution is 2.38. The first kappa shape index (κ1) is 18.3. The molecule has 1 fully saturated rings. The van der Waals surface area contributed by atoms with Gasteiger partial charge in [-0.15, -0.1) is 11.8 Å². The van der Waals surface area contributed by atoms with Crippen LogP contribution in [0.3, 0.4) is 0 Å². The molecule has 0 saturated carbocycles. The number of rotatable bonds is 4. The first-order valence-corrected chi connectivity index (χ1v) is 9.62. The maximum absolute atomic E-state index is 12.8. The van der Waals surface area contributed by atoms with E-state index in [1.165, 1.54) is 6.07 Å². The summed E-state index contributed by atoms with van der Waals surface area (Å²) in [7, 11) is 0. The molecular formula is C16H14ClF3N6S. The average Bonchev–Trinajstić information content (AvgIpc) is 3.28. The first-order valence-electron chi connectivity index (χ1n) is 8.19. The smallest absolute Gasteiger partial charge is 0.364 e. The summed E-state index contributed by atoms with van der Waals surface area (Å²) in [5, 5.41) is 3.32. The van der Waals surface area contributed by atoms with Crippen molar-refractivity contribution in [1.29, 1.82) is 0 Å². The van der Waals surface area contributed by atoms with Gasteiger partial charge in [-0.25, -0.2) is 4.98 Å². The number of fused-ring (bicyclic) bond motifs is 1. The maximum Gasteiger partial charge on any atom is 0.433 e. The Morgan fingerprint density at radius 3 is 2.89 bits per heavy atom. The molecule has 0 aromatic carbocycles. The van der Waals surface area contributed by atoms with E-state index in [9.17, 15) is 13.2 Å². The second kappa shape index (κ2) is 7.16. The van der Waals surface area contributed by atoms with Crippen LogP contribution in [0.5, 0.6) is 0 Å². The third-order valence-electron chi connectivity index (χ3n) is 4.18. The van der Waals surface area contributed by atoms with Crippen molar-refractivity contribution in [2.75, 3.05) is 11.1 Å². The third kappa shape index (κ3) is 3.81. The van der Waals surface area contributed by atoms with E-state index in [1.54, 1.807) is 6.33 Å². The van der Waals surface area contributed by atoms with Crippen LogP contribution in [-0.4, -0.2) is 30.3 Å². The summed E-state index contributed by atoms with van der Waals surface area (Å²) >= 11 is 7.88. The Balaban J connectivity index is 1.61. The maximum atomic E-state index is 12.8. The molecule has 1 aliphatic rings. The minimum atomic E-state index is -4.49. The fraction of sp³-hybridized carbons (Fsp3) is 0.375. The van der Waals surface area contributed by atoms with E-state index in [0.717, 1.165) is 30.9 Å². The number of hydrogen-bond donors (Lipinski definition) is 1. The van der Waals surface area contributed by atoms with Crippen LogP contribution in [0.25, 0.3) is 11.2 Å². The van der Waals surface area contributed by atoms with Gasteiger partial charge in [0, 0.05) is 12.7 Å². The summed E-state index contributed by atoms with van der Waals surface area (Å²) < 4.78 is 40.4. The highest BCUT2D eigenvalue weighted by molar-refractivity contribution is 7.99. The largest absolute Gasteiger partial charge is 0.433 e. The van der Waals surface area contributed by atoms with Crippen LogP contribution in [0.15, 0.2) is 24.7 Å². The number of aromatic nitrogens is 5. The summed E-state index contributed by atoms with van der Waals surface area (Å²) in [6.07, 6.45) is 0.506. The minimum Gasteiger partial charge on any atom is -0.364 e. The van der Waals surface area contributed by atoms with Crippen LogP contribution < -0.4 is 5.32 Å². The van der Waals surface area contributed by atoms with E-state index in [-0.39, 0.29) is 17.2 Å². The Kier molecular flexibility index (Phi) is 4.85. The zero-order valence-electron chi connectivity index (χ0n) is 13.9. The zero-order valence-corrected chi connectivity index (χ0v) is 15.4. The van der Waals surface area contributed by atoms with Gasteiger partial charge in [0.05, 0.1) is 11.7 Å². The van der Waals surface area contributed by atoms with Gasteiger partial charge in [-0.05, 0) is 47.9 Å². The van der Waals surface area contributed by atoms with Crippen molar-refractivity contribution >= 4 is 40.3 Å². The topological polar surface area (TPSA) is 68.5 Å². The van der Waals surface area contributed by atoms with Gasteiger partial charge < -0.3 is 9.88 Å². The van der Waals surface area contributed by atoms with Crippen LogP contribution in [0.4, 0.5) is 19.0 Å². The molecule has 0 unspecified atom stereocenters. The van der Waals surface area contributed by atoms with Crippen LogP contribution in [0.2, 0.25) is 5.28 Å². The molecule has 1 atom stereocenters. The number of imidazole rings is 1. The number of anilines is 1. The molecule has 0 amide bonds. The predicted molar refractivity (Wildman–Crippen MR) is 97.6 cm³/mol. The molecule has 0 spiro atoms. The first-order chi connectivity index (χ1) is 12.9. The van der Waals surface area contributed by atoms with Gasteiger partial charge in [-0.2, -0.15) is 23.1 Å². The monoisotopic (exact) mass is 414 g/mol. The normalized spacial score (nSPS) is 17.6. The van der Waals surface area contributed by atoms with Gasteiger partial charge in [-0.1, -0.05) is 0 Å². The molecule has 1 saturated heterocycles. The molecule has 1 N–H and O–H groups in total. The lowest BCUT2D eigenvalue weighted by Crippen LogP contribution is -2.10. The molecule has 3 aromatic rings. The molecule has 4 rings (SSSR count). The van der Waals surface area contributed by atoms with Gasteiger partial charge in [0.15, 0.2) is 17.0 Å². The molecule has 27 heavy (non-hydrogen) atoms. The highest BCUT2D eigenvalue weighted by atomic mass is 35.5. The molecule has 0 radical (unpaired) electrons. The SMILES string of the molecule is FC(F)(F)c1cc(CNc2nc(Cl)nc3c2ncn3[C@H]2CCCS2)ccn1. The number of nitrogens with zero attached hydrogens (tertiary/aromatic N) is 5. The standard InChI is InChI=1S/C16H14ClF3N6S/c17-15-24-13(22-7-9-3-4-21-10(6-9)16(18,19)20)12-14(25-15)26(8-23-12)11-2-1-5-27-11/h3-4,6,8,11H,1-2,5,7H2,(H,22,24,25)/t11-/m1/s1. The van der Waals surface area contributed by atoms with E-state index < -0.39 is 11.9 Å². The Bertz CT molecular complexity index is 970. The molecule has 1 aliphatic heterocycles. The summed E-state index contributed by atoms with van der Waals surface area (Å²) in [5.74, 6) is 1.47. The van der Waals surface area contributed by atoms with Gasteiger partial charge >= 0.3 is 6.18 Å². The minimum absolute atomic E-state index is 0.0560. The molecule has 3 aromatic heterocycles.